The Labute approximate surface area is 273 Å². The molecular formula is C36H39ClN4O5. The van der Waals surface area contributed by atoms with Gasteiger partial charge in [-0.2, -0.15) is 0 Å². The Kier molecular flexibility index (Phi) is 8.79. The van der Waals surface area contributed by atoms with Crippen molar-refractivity contribution in [2.75, 3.05) is 19.7 Å². The summed E-state index contributed by atoms with van der Waals surface area (Å²) in [6, 6.07) is 20.9. The maximum Gasteiger partial charge on any atom is 0.410 e. The van der Waals surface area contributed by atoms with Crippen LogP contribution in [0.2, 0.25) is 5.02 Å². The van der Waals surface area contributed by atoms with Crippen molar-refractivity contribution in [3.05, 3.63) is 99.1 Å². The minimum Gasteiger partial charge on any atom is -0.449 e. The molecule has 1 aliphatic carbocycles. The van der Waals surface area contributed by atoms with E-state index in [0.29, 0.717) is 54.2 Å². The highest BCUT2D eigenvalue weighted by Crippen LogP contribution is 2.44. The van der Waals surface area contributed by atoms with Crippen molar-refractivity contribution in [2.24, 2.45) is 5.92 Å². The number of rotatable bonds is 6. The Hall–Kier alpha value is -4.37. The van der Waals surface area contributed by atoms with Crippen LogP contribution < -0.4 is 10.9 Å². The fourth-order valence-electron chi connectivity index (χ4n) is 6.51. The van der Waals surface area contributed by atoms with E-state index < -0.39 is 17.7 Å². The number of ether oxygens (including phenoxy) is 2. The molecule has 240 valence electrons. The lowest BCUT2D eigenvalue weighted by atomic mass is 9.96. The number of amides is 2. The number of likely N-dealkylation sites (tertiary alicyclic amines) is 1. The number of fused-ring (bicyclic) bond motifs is 4. The quantitative estimate of drug-likeness (QED) is 0.237. The number of carbonyl (C=O) groups is 2. The van der Waals surface area contributed by atoms with Gasteiger partial charge in [0, 0.05) is 25.6 Å². The van der Waals surface area contributed by atoms with Gasteiger partial charge in [-0.25, -0.2) is 14.6 Å². The number of nitrogens with one attached hydrogen (secondary N) is 1. The lowest BCUT2D eigenvalue weighted by molar-refractivity contribution is 0.0177. The Bertz CT molecular complexity index is 1800. The van der Waals surface area contributed by atoms with E-state index in [0.717, 1.165) is 22.3 Å². The Balaban J connectivity index is 1.18. The summed E-state index contributed by atoms with van der Waals surface area (Å²) in [7, 11) is 0. The number of hydrogen-bond donors (Lipinski definition) is 1. The number of nitrogens with zero attached hydrogens (tertiary/aromatic N) is 3. The lowest BCUT2D eigenvalue weighted by Crippen LogP contribution is -2.43. The highest BCUT2D eigenvalue weighted by Gasteiger charge is 2.31. The second-order valence-electron chi connectivity index (χ2n) is 13.1. The molecule has 1 unspecified atom stereocenters. The first-order chi connectivity index (χ1) is 22.0. The van der Waals surface area contributed by atoms with Gasteiger partial charge in [-0.1, -0.05) is 66.2 Å². The monoisotopic (exact) mass is 642 g/mol. The fraction of sp³-hybridized carbons (Fsp3) is 0.389. The van der Waals surface area contributed by atoms with Crippen molar-refractivity contribution >= 4 is 34.7 Å². The van der Waals surface area contributed by atoms with Crippen LogP contribution in [-0.2, 0) is 16.0 Å². The third-order valence-corrected chi connectivity index (χ3v) is 9.05. The number of benzene rings is 3. The van der Waals surface area contributed by atoms with Crippen molar-refractivity contribution in [1.29, 1.82) is 0 Å². The molecule has 0 spiro atoms. The van der Waals surface area contributed by atoms with Crippen LogP contribution in [0.3, 0.4) is 0 Å². The molecule has 4 aromatic rings. The molecule has 1 saturated heterocycles. The fourth-order valence-corrected chi connectivity index (χ4v) is 6.76. The maximum absolute atomic E-state index is 13.9. The summed E-state index contributed by atoms with van der Waals surface area (Å²) in [5.41, 5.74) is 4.20. The van der Waals surface area contributed by atoms with Crippen molar-refractivity contribution in [2.45, 2.75) is 64.6 Å². The number of carbonyl (C=O) groups excluding carboxylic acids is 2. The van der Waals surface area contributed by atoms with E-state index in [4.69, 9.17) is 26.1 Å². The van der Waals surface area contributed by atoms with Gasteiger partial charge in [0.2, 0.25) is 0 Å². The van der Waals surface area contributed by atoms with E-state index in [1.54, 1.807) is 34.6 Å². The van der Waals surface area contributed by atoms with Gasteiger partial charge in [-0.15, -0.1) is 0 Å². The molecule has 0 saturated carbocycles. The zero-order valence-electron chi connectivity index (χ0n) is 26.6. The van der Waals surface area contributed by atoms with E-state index in [9.17, 15) is 14.4 Å². The number of halogens is 1. The van der Waals surface area contributed by atoms with E-state index in [2.05, 4.69) is 29.6 Å². The van der Waals surface area contributed by atoms with Gasteiger partial charge >= 0.3 is 12.2 Å². The first-order valence-electron chi connectivity index (χ1n) is 15.8. The number of aromatic nitrogens is 2. The van der Waals surface area contributed by atoms with Crippen LogP contribution in [-0.4, -0.2) is 51.9 Å². The summed E-state index contributed by atoms with van der Waals surface area (Å²) in [5.74, 6) is 0.459. The molecule has 0 bridgehead atoms. The lowest BCUT2D eigenvalue weighted by Gasteiger charge is -2.34. The average molecular weight is 643 g/mol. The first-order valence-corrected chi connectivity index (χ1v) is 16.2. The van der Waals surface area contributed by atoms with Gasteiger partial charge in [0.15, 0.2) is 0 Å². The minimum absolute atomic E-state index is 0.0703. The maximum atomic E-state index is 13.9. The highest BCUT2D eigenvalue weighted by molar-refractivity contribution is 6.35. The number of piperidine rings is 1. The van der Waals surface area contributed by atoms with E-state index >= 15 is 0 Å². The molecule has 3 aromatic carbocycles. The summed E-state index contributed by atoms with van der Waals surface area (Å²) < 4.78 is 13.0. The van der Waals surface area contributed by atoms with Crippen LogP contribution in [0.1, 0.15) is 69.4 Å². The predicted octanol–water partition coefficient (Wildman–Crippen LogP) is 7.30. The summed E-state index contributed by atoms with van der Waals surface area (Å²) in [6.07, 6.45) is 0.468. The molecule has 6 rings (SSSR count). The second kappa shape index (κ2) is 12.8. The molecule has 1 aromatic heterocycles. The van der Waals surface area contributed by atoms with Gasteiger partial charge in [-0.3, -0.25) is 9.36 Å². The first kappa shape index (κ1) is 31.6. The molecule has 2 amide bonds. The van der Waals surface area contributed by atoms with E-state index in [1.165, 1.54) is 0 Å². The predicted molar refractivity (Wildman–Crippen MR) is 178 cm³/mol. The van der Waals surface area contributed by atoms with Crippen molar-refractivity contribution < 1.29 is 19.1 Å². The van der Waals surface area contributed by atoms with Crippen molar-refractivity contribution in [3.63, 3.8) is 0 Å². The molecule has 2 heterocycles. The van der Waals surface area contributed by atoms with Gasteiger partial charge in [-0.05, 0) is 80.8 Å². The van der Waals surface area contributed by atoms with E-state index in [1.807, 2.05) is 45.0 Å². The van der Waals surface area contributed by atoms with Crippen LogP contribution >= 0.6 is 11.6 Å². The topological polar surface area (TPSA) is 103 Å². The normalized spacial score (nSPS) is 15.7. The highest BCUT2D eigenvalue weighted by atomic mass is 35.5. The molecule has 1 fully saturated rings. The molecule has 2 aliphatic rings. The van der Waals surface area contributed by atoms with Crippen LogP contribution in [0.25, 0.3) is 22.0 Å². The molecule has 46 heavy (non-hydrogen) atoms. The number of alkyl carbamates (subject to hydrolysis) is 1. The zero-order valence-corrected chi connectivity index (χ0v) is 27.3. The molecule has 1 atom stereocenters. The molecule has 9 nitrogen and oxygen atoms in total. The largest absolute Gasteiger partial charge is 0.449 e. The van der Waals surface area contributed by atoms with Gasteiger partial charge < -0.3 is 19.7 Å². The molecule has 1 aliphatic heterocycles. The second-order valence-corrected chi connectivity index (χ2v) is 13.5. The SMILES string of the molecule is CC(NC(=O)OCC1c2ccccc2-c2ccccc21)c1nc2cccc(Cl)c2c(=O)n1CC1CCN(C(=O)OC(C)(C)C)CC1. The minimum atomic E-state index is -0.631. The Morgan fingerprint density at radius 2 is 1.61 bits per heavy atom. The summed E-state index contributed by atoms with van der Waals surface area (Å²) >= 11 is 6.47. The third kappa shape index (κ3) is 6.47. The van der Waals surface area contributed by atoms with Crippen molar-refractivity contribution in [1.82, 2.24) is 19.8 Å². The standard InChI is InChI=1S/C36H39ClN4O5/c1-22(38-34(43)45-21-28-26-12-7-5-10-24(26)25-11-6-8-13-27(25)28)32-39-30-15-9-14-29(37)31(30)33(42)41(32)20-23-16-18-40(19-17-23)35(44)46-36(2,3)4/h5-15,22-23,28H,16-21H2,1-4H3,(H,38,43). The summed E-state index contributed by atoms with van der Waals surface area (Å²) in [4.78, 5) is 46.2. The van der Waals surface area contributed by atoms with Crippen molar-refractivity contribution in [3.8, 4) is 11.1 Å². The average Bonchev–Trinajstić information content (AvgIpc) is 3.34. The summed E-state index contributed by atoms with van der Waals surface area (Å²) in [6.45, 7) is 8.94. The smallest absolute Gasteiger partial charge is 0.410 e. The molecular weight excluding hydrogens is 604 g/mol. The molecule has 0 radical (unpaired) electrons. The zero-order chi connectivity index (χ0) is 32.6. The molecule has 1 N–H and O–H groups in total. The van der Waals surface area contributed by atoms with Gasteiger partial charge in [0.1, 0.15) is 18.0 Å². The molecule has 10 heteroatoms. The summed E-state index contributed by atoms with van der Waals surface area (Å²) in [5, 5.41) is 3.58. The van der Waals surface area contributed by atoms with Crippen LogP contribution in [0, 0.1) is 5.92 Å². The van der Waals surface area contributed by atoms with E-state index in [-0.39, 0.29) is 30.1 Å². The van der Waals surface area contributed by atoms with Crippen LogP contribution in [0.15, 0.2) is 71.5 Å². The third-order valence-electron chi connectivity index (χ3n) is 8.73. The number of hydrogen-bond acceptors (Lipinski definition) is 6. The van der Waals surface area contributed by atoms with Gasteiger partial charge in [0.25, 0.3) is 5.56 Å². The van der Waals surface area contributed by atoms with Gasteiger partial charge in [0.05, 0.1) is 22.0 Å². The Morgan fingerprint density at radius 1 is 0.978 bits per heavy atom. The Morgan fingerprint density at radius 3 is 2.24 bits per heavy atom. The van der Waals surface area contributed by atoms with Crippen LogP contribution in [0.4, 0.5) is 9.59 Å². The van der Waals surface area contributed by atoms with Crippen LogP contribution in [0.5, 0.6) is 0 Å².